The van der Waals surface area contributed by atoms with E-state index in [4.69, 9.17) is 15.6 Å². The summed E-state index contributed by atoms with van der Waals surface area (Å²) in [5, 5.41) is 8.87. The summed E-state index contributed by atoms with van der Waals surface area (Å²) < 4.78 is 5.27. The van der Waals surface area contributed by atoms with Crippen molar-refractivity contribution in [2.24, 2.45) is 5.73 Å². The van der Waals surface area contributed by atoms with Crippen molar-refractivity contribution in [1.29, 1.82) is 0 Å². The van der Waals surface area contributed by atoms with Crippen molar-refractivity contribution in [2.75, 3.05) is 7.11 Å². The number of carboxylic acids is 1. The van der Waals surface area contributed by atoms with Gasteiger partial charge in [0.05, 0.1) is 7.11 Å². The molecule has 0 aromatic heterocycles. The average Bonchev–Trinajstić information content (AvgIpc) is 2.38. The molecule has 0 aliphatic heterocycles. The first kappa shape index (κ1) is 13.5. The third kappa shape index (κ3) is 2.93. The lowest BCUT2D eigenvalue weighted by Gasteiger charge is -2.19. The Morgan fingerprint density at radius 1 is 1.42 bits per heavy atom. The molecule has 102 valence electrons. The van der Waals surface area contributed by atoms with Gasteiger partial charge in [-0.1, -0.05) is 6.07 Å². The SMILES string of the molecule is COc1cc2c(cc1CC(N)C(=O)O)CCC(=O)C2. The zero-order chi connectivity index (χ0) is 14.0. The van der Waals surface area contributed by atoms with Crippen LogP contribution in [0.25, 0.3) is 0 Å². The lowest BCUT2D eigenvalue weighted by molar-refractivity contribution is -0.138. The van der Waals surface area contributed by atoms with Gasteiger partial charge in [-0.3, -0.25) is 9.59 Å². The minimum Gasteiger partial charge on any atom is -0.496 e. The van der Waals surface area contributed by atoms with Crippen molar-refractivity contribution in [3.05, 3.63) is 28.8 Å². The molecule has 5 nitrogen and oxygen atoms in total. The molecule has 19 heavy (non-hydrogen) atoms. The highest BCUT2D eigenvalue weighted by Crippen LogP contribution is 2.28. The molecule has 0 spiro atoms. The second-order valence-corrected chi connectivity index (χ2v) is 4.80. The normalized spacial score (nSPS) is 15.8. The number of nitrogens with two attached hydrogens (primary N) is 1. The second kappa shape index (κ2) is 5.40. The molecule has 0 fully saturated rings. The largest absolute Gasteiger partial charge is 0.496 e. The summed E-state index contributed by atoms with van der Waals surface area (Å²) in [6.07, 6.45) is 1.90. The first-order chi connectivity index (χ1) is 9.01. The Morgan fingerprint density at radius 3 is 2.79 bits per heavy atom. The summed E-state index contributed by atoms with van der Waals surface area (Å²) in [6, 6.07) is 2.80. The van der Waals surface area contributed by atoms with Crippen molar-refractivity contribution >= 4 is 11.8 Å². The van der Waals surface area contributed by atoms with Gasteiger partial charge >= 0.3 is 5.97 Å². The number of rotatable bonds is 4. The molecule has 1 unspecified atom stereocenters. The monoisotopic (exact) mass is 263 g/mol. The average molecular weight is 263 g/mol. The standard InChI is InChI=1S/C14H17NO4/c1-19-13-7-9-5-11(16)3-2-8(9)4-10(13)6-12(15)14(17)18/h4,7,12H,2-3,5-6,15H2,1H3,(H,17,18). The molecule has 3 N–H and O–H groups in total. The quantitative estimate of drug-likeness (QED) is 0.835. The van der Waals surface area contributed by atoms with Gasteiger partial charge in [-0.2, -0.15) is 0 Å². The molecule has 0 heterocycles. The highest BCUT2D eigenvalue weighted by atomic mass is 16.5. The molecule has 1 atom stereocenters. The number of ether oxygens (including phenoxy) is 1. The summed E-state index contributed by atoms with van der Waals surface area (Å²) in [7, 11) is 1.53. The minimum atomic E-state index is -1.03. The van der Waals surface area contributed by atoms with Gasteiger partial charge in [0.2, 0.25) is 0 Å². The van der Waals surface area contributed by atoms with Crippen molar-refractivity contribution in [3.8, 4) is 5.75 Å². The Balaban J connectivity index is 2.33. The molecule has 0 amide bonds. The number of carbonyl (C=O) groups excluding carboxylic acids is 1. The number of methoxy groups -OCH3 is 1. The van der Waals surface area contributed by atoms with Gasteiger partial charge in [-0.25, -0.2) is 0 Å². The van der Waals surface area contributed by atoms with Crippen LogP contribution < -0.4 is 10.5 Å². The number of carbonyl (C=O) groups is 2. The first-order valence-electron chi connectivity index (χ1n) is 6.20. The number of hydrogen-bond acceptors (Lipinski definition) is 4. The topological polar surface area (TPSA) is 89.6 Å². The van der Waals surface area contributed by atoms with Crippen LogP contribution >= 0.6 is 0 Å². The maximum atomic E-state index is 11.4. The Morgan fingerprint density at radius 2 is 2.16 bits per heavy atom. The summed E-state index contributed by atoms with van der Waals surface area (Å²) in [4.78, 5) is 22.3. The van der Waals surface area contributed by atoms with Crippen LogP contribution in [0.5, 0.6) is 5.75 Å². The van der Waals surface area contributed by atoms with Crippen LogP contribution in [0, 0.1) is 0 Å². The Labute approximate surface area is 111 Å². The predicted octanol–water partition coefficient (Wildman–Crippen LogP) is 0.707. The summed E-state index contributed by atoms with van der Waals surface area (Å²) >= 11 is 0. The van der Waals surface area contributed by atoms with Gasteiger partial charge in [0.25, 0.3) is 0 Å². The molecule has 0 saturated carbocycles. The van der Waals surface area contributed by atoms with Crippen molar-refractivity contribution in [3.63, 3.8) is 0 Å². The summed E-state index contributed by atoms with van der Waals surface area (Å²) in [5.74, 6) is -0.204. The van der Waals surface area contributed by atoms with Crippen LogP contribution in [0.4, 0.5) is 0 Å². The number of aryl methyl sites for hydroxylation is 1. The molecule has 1 aliphatic carbocycles. The molecule has 5 heteroatoms. The molecular weight excluding hydrogens is 246 g/mol. The minimum absolute atomic E-state index is 0.222. The van der Waals surface area contributed by atoms with Crippen LogP contribution in [0.2, 0.25) is 0 Å². The van der Waals surface area contributed by atoms with Crippen molar-refractivity contribution < 1.29 is 19.4 Å². The third-order valence-corrected chi connectivity index (χ3v) is 3.42. The number of hydrogen-bond donors (Lipinski definition) is 2. The zero-order valence-electron chi connectivity index (χ0n) is 10.8. The maximum absolute atomic E-state index is 11.4. The molecule has 2 rings (SSSR count). The lowest BCUT2D eigenvalue weighted by atomic mass is 9.88. The predicted molar refractivity (Wildman–Crippen MR) is 69.3 cm³/mol. The van der Waals surface area contributed by atoms with E-state index in [0.717, 1.165) is 16.7 Å². The number of fused-ring (bicyclic) bond motifs is 1. The Bertz CT molecular complexity index is 524. The van der Waals surface area contributed by atoms with E-state index in [1.807, 2.05) is 12.1 Å². The van der Waals surface area contributed by atoms with E-state index >= 15 is 0 Å². The van der Waals surface area contributed by atoms with Crippen molar-refractivity contribution in [2.45, 2.75) is 31.7 Å². The van der Waals surface area contributed by atoms with E-state index in [1.165, 1.54) is 7.11 Å². The molecule has 1 aromatic rings. The fourth-order valence-electron chi connectivity index (χ4n) is 2.36. The second-order valence-electron chi connectivity index (χ2n) is 4.80. The molecule has 1 aromatic carbocycles. The van der Waals surface area contributed by atoms with Gasteiger partial charge in [0, 0.05) is 19.3 Å². The van der Waals surface area contributed by atoms with Crippen LogP contribution in [0.3, 0.4) is 0 Å². The number of carboxylic acid groups (broad SMARTS) is 1. The maximum Gasteiger partial charge on any atom is 0.320 e. The fourth-order valence-corrected chi connectivity index (χ4v) is 2.36. The van der Waals surface area contributed by atoms with Gasteiger partial charge in [-0.15, -0.1) is 0 Å². The van der Waals surface area contributed by atoms with Gasteiger partial charge in [0.15, 0.2) is 0 Å². The van der Waals surface area contributed by atoms with Crippen LogP contribution in [-0.4, -0.2) is 30.0 Å². The fraction of sp³-hybridized carbons (Fsp3) is 0.429. The third-order valence-electron chi connectivity index (χ3n) is 3.42. The van der Waals surface area contributed by atoms with E-state index in [9.17, 15) is 9.59 Å². The van der Waals surface area contributed by atoms with Gasteiger partial charge < -0.3 is 15.6 Å². The van der Waals surface area contributed by atoms with E-state index in [2.05, 4.69) is 0 Å². The van der Waals surface area contributed by atoms with E-state index < -0.39 is 12.0 Å². The van der Waals surface area contributed by atoms with Crippen LogP contribution in [0.15, 0.2) is 12.1 Å². The summed E-state index contributed by atoms with van der Waals surface area (Å²) in [6.45, 7) is 0. The van der Waals surface area contributed by atoms with E-state index in [0.29, 0.717) is 25.0 Å². The zero-order valence-corrected chi connectivity index (χ0v) is 10.8. The Kier molecular flexibility index (Phi) is 3.85. The smallest absolute Gasteiger partial charge is 0.320 e. The summed E-state index contributed by atoms with van der Waals surface area (Å²) in [5.41, 5.74) is 8.41. The highest BCUT2D eigenvalue weighted by Gasteiger charge is 2.21. The van der Waals surface area contributed by atoms with Crippen molar-refractivity contribution in [1.82, 2.24) is 0 Å². The number of Topliss-reactive ketones (excluding diaryl/α,β-unsaturated/α-hetero) is 1. The van der Waals surface area contributed by atoms with E-state index in [-0.39, 0.29) is 12.2 Å². The Hall–Kier alpha value is -1.88. The molecular formula is C14H17NO4. The number of benzene rings is 1. The molecule has 0 radical (unpaired) electrons. The number of ketones is 1. The van der Waals surface area contributed by atoms with E-state index in [1.54, 1.807) is 0 Å². The molecule has 0 bridgehead atoms. The molecule has 0 saturated heterocycles. The first-order valence-corrected chi connectivity index (χ1v) is 6.20. The highest BCUT2D eigenvalue weighted by molar-refractivity contribution is 5.83. The van der Waals surface area contributed by atoms with Gasteiger partial charge in [-0.05, 0) is 29.2 Å². The van der Waals surface area contributed by atoms with Crippen LogP contribution in [0.1, 0.15) is 23.1 Å². The van der Waals surface area contributed by atoms with Crippen LogP contribution in [-0.2, 0) is 28.9 Å². The molecule has 1 aliphatic rings. The lowest BCUT2D eigenvalue weighted by Crippen LogP contribution is -2.32. The number of aliphatic carboxylic acids is 1. The van der Waals surface area contributed by atoms with Gasteiger partial charge in [0.1, 0.15) is 17.6 Å².